The molecule has 3 aromatic rings. The first-order chi connectivity index (χ1) is 21.8. The van der Waals surface area contributed by atoms with Crippen LogP contribution < -0.4 is 5.32 Å². The molecular weight excluding hydrogens is 636 g/mol. The first-order valence-corrected chi connectivity index (χ1v) is 18.8. The number of ether oxygens (including phenoxy) is 2. The zero-order valence-electron chi connectivity index (χ0n) is 28.8. The Morgan fingerprint density at radius 1 is 0.957 bits per heavy atom. The molecule has 1 amide bonds. The summed E-state index contributed by atoms with van der Waals surface area (Å²) < 4.78 is 17.6. The Hall–Kier alpha value is -3.86. The topological polar surface area (TPSA) is 114 Å². The molecule has 0 aliphatic rings. The summed E-state index contributed by atoms with van der Waals surface area (Å²) in [4.78, 5) is 39.3. The van der Waals surface area contributed by atoms with Gasteiger partial charge in [0.2, 0.25) is 0 Å². The van der Waals surface area contributed by atoms with Crippen molar-refractivity contribution in [2.75, 3.05) is 32.1 Å². The van der Waals surface area contributed by atoms with E-state index in [1.807, 2.05) is 69.3 Å². The molecule has 2 N–H and O–H groups in total. The predicted octanol–water partition coefficient (Wildman–Crippen LogP) is 8.90. The highest BCUT2D eigenvalue weighted by Gasteiger charge is 2.40. The number of amides is 1. The van der Waals surface area contributed by atoms with Crippen molar-refractivity contribution in [2.24, 2.45) is 0 Å². The van der Waals surface area contributed by atoms with Crippen LogP contribution in [0.3, 0.4) is 0 Å². The van der Waals surface area contributed by atoms with E-state index in [1.165, 1.54) is 19.2 Å². The summed E-state index contributed by atoms with van der Waals surface area (Å²) >= 11 is 6.39. The largest absolute Gasteiger partial charge is 0.478 e. The lowest BCUT2D eigenvalue weighted by Gasteiger charge is -2.40. The highest BCUT2D eigenvalue weighted by Crippen LogP contribution is 2.40. The molecule has 0 aromatic heterocycles. The van der Waals surface area contributed by atoms with Crippen molar-refractivity contribution in [2.45, 2.75) is 71.4 Å². The van der Waals surface area contributed by atoms with Crippen molar-refractivity contribution in [3.05, 3.63) is 88.4 Å². The second-order valence-corrected chi connectivity index (χ2v) is 19.1. The predicted molar refractivity (Wildman–Crippen MR) is 189 cm³/mol. The van der Waals surface area contributed by atoms with Crippen LogP contribution in [-0.4, -0.2) is 68.7 Å². The van der Waals surface area contributed by atoms with Crippen molar-refractivity contribution in [3.63, 3.8) is 0 Å². The van der Waals surface area contributed by atoms with Gasteiger partial charge in [0.1, 0.15) is 5.60 Å². The molecule has 1 unspecified atom stereocenters. The van der Waals surface area contributed by atoms with E-state index in [0.29, 0.717) is 29.2 Å². The third-order valence-corrected chi connectivity index (χ3v) is 12.8. The summed E-state index contributed by atoms with van der Waals surface area (Å²) in [5.41, 5.74) is 2.29. The van der Waals surface area contributed by atoms with Gasteiger partial charge in [0.15, 0.2) is 8.32 Å². The van der Waals surface area contributed by atoms with Crippen LogP contribution in [0.4, 0.5) is 10.5 Å². The molecule has 0 saturated carbocycles. The van der Waals surface area contributed by atoms with E-state index in [-0.39, 0.29) is 22.7 Å². The summed E-state index contributed by atoms with van der Waals surface area (Å²) in [5.74, 6) is -1.78. The fourth-order valence-electron chi connectivity index (χ4n) is 4.57. The van der Waals surface area contributed by atoms with Gasteiger partial charge in [0, 0.05) is 23.8 Å². The van der Waals surface area contributed by atoms with E-state index in [9.17, 15) is 19.5 Å². The molecule has 3 rings (SSSR count). The standard InChI is InChI=1S/C36H47ClN2O7Si/c1-35(2,3)45-34(43)39(23-31(25-13-10-14-27(37)20-25)46-47(8,9)36(4,5)6)19-18-38-28-15-11-12-24(21-28)29-17-16-26(32(40)41)22-30(29)33(42)44-7/h10-17,20-22,31,38H,18-19,23H2,1-9H3,(H,40,41). The number of halogens is 1. The molecule has 0 bridgehead atoms. The number of carboxylic acids is 1. The van der Waals surface area contributed by atoms with Gasteiger partial charge in [0.05, 0.1) is 30.9 Å². The maximum atomic E-state index is 13.6. The maximum Gasteiger partial charge on any atom is 0.410 e. The Bertz CT molecular complexity index is 1580. The number of methoxy groups -OCH3 is 1. The second kappa shape index (κ2) is 15.4. The molecular formula is C36H47ClN2O7Si. The average Bonchev–Trinajstić information content (AvgIpc) is 2.98. The maximum absolute atomic E-state index is 13.6. The van der Waals surface area contributed by atoms with E-state index in [2.05, 4.69) is 39.2 Å². The highest BCUT2D eigenvalue weighted by atomic mass is 35.5. The Morgan fingerprint density at radius 3 is 2.23 bits per heavy atom. The van der Waals surface area contributed by atoms with Gasteiger partial charge in [-0.25, -0.2) is 14.4 Å². The second-order valence-electron chi connectivity index (χ2n) is 13.9. The number of hydrogen-bond acceptors (Lipinski definition) is 7. The van der Waals surface area contributed by atoms with Crippen LogP contribution in [0.2, 0.25) is 23.2 Å². The molecule has 3 aromatic carbocycles. The number of hydrogen-bond donors (Lipinski definition) is 2. The Kier molecular flexibility index (Phi) is 12.3. The number of aromatic carboxylic acids is 1. The van der Waals surface area contributed by atoms with Crippen molar-refractivity contribution in [1.82, 2.24) is 4.90 Å². The molecule has 1 atom stereocenters. The van der Waals surface area contributed by atoms with Gasteiger partial charge in [-0.1, -0.05) is 62.7 Å². The summed E-state index contributed by atoms with van der Waals surface area (Å²) in [5, 5.41) is 13.3. The highest BCUT2D eigenvalue weighted by molar-refractivity contribution is 6.74. The average molecular weight is 683 g/mol. The van der Waals surface area contributed by atoms with Crippen molar-refractivity contribution >= 4 is 43.6 Å². The van der Waals surface area contributed by atoms with Gasteiger partial charge < -0.3 is 29.2 Å². The molecule has 0 saturated heterocycles. The molecule has 0 aliphatic carbocycles. The quantitative estimate of drug-likeness (QED) is 0.144. The fourth-order valence-corrected chi connectivity index (χ4v) is 6.05. The number of benzene rings is 3. The van der Waals surface area contributed by atoms with E-state index in [0.717, 1.165) is 11.3 Å². The number of nitrogens with one attached hydrogen (secondary N) is 1. The molecule has 0 aliphatic heterocycles. The molecule has 0 heterocycles. The van der Waals surface area contributed by atoms with E-state index in [1.54, 1.807) is 11.0 Å². The molecule has 47 heavy (non-hydrogen) atoms. The summed E-state index contributed by atoms with van der Waals surface area (Å²) in [7, 11) is -1.02. The zero-order chi connectivity index (χ0) is 35.2. The minimum absolute atomic E-state index is 0.0146. The monoisotopic (exact) mass is 682 g/mol. The normalized spacial score (nSPS) is 12.6. The van der Waals surface area contributed by atoms with Crippen LogP contribution in [0, 0.1) is 0 Å². The lowest BCUT2D eigenvalue weighted by atomic mass is 9.97. The van der Waals surface area contributed by atoms with Crippen molar-refractivity contribution in [1.29, 1.82) is 0 Å². The number of carboxylic acid groups (broad SMARTS) is 1. The van der Waals surface area contributed by atoms with E-state index < -0.39 is 38.1 Å². The summed E-state index contributed by atoms with van der Waals surface area (Å²) in [6, 6.07) is 19.3. The molecule has 11 heteroatoms. The number of rotatable bonds is 12. The van der Waals surface area contributed by atoms with Crippen LogP contribution in [0.25, 0.3) is 11.1 Å². The Morgan fingerprint density at radius 2 is 1.64 bits per heavy atom. The van der Waals surface area contributed by atoms with Crippen LogP contribution in [0.1, 0.15) is 73.9 Å². The molecule has 9 nitrogen and oxygen atoms in total. The van der Waals surface area contributed by atoms with Gasteiger partial charge in [0.25, 0.3) is 0 Å². The number of anilines is 1. The smallest absolute Gasteiger partial charge is 0.410 e. The SMILES string of the molecule is COC(=O)c1cc(C(=O)O)ccc1-c1cccc(NCCN(CC(O[Si](C)(C)C(C)(C)C)c2cccc(Cl)c2)C(=O)OC(C)(C)C)c1. The first kappa shape index (κ1) is 37.6. The van der Waals surface area contributed by atoms with E-state index >= 15 is 0 Å². The minimum Gasteiger partial charge on any atom is -0.478 e. The van der Waals surface area contributed by atoms with Crippen LogP contribution in [-0.2, 0) is 13.9 Å². The number of esters is 1. The molecule has 0 spiro atoms. The Labute approximate surface area is 284 Å². The van der Waals surface area contributed by atoms with Gasteiger partial charge in [-0.15, -0.1) is 0 Å². The van der Waals surface area contributed by atoms with Crippen molar-refractivity contribution < 1.29 is 33.4 Å². The third kappa shape index (κ3) is 10.6. The molecule has 254 valence electrons. The van der Waals surface area contributed by atoms with Gasteiger partial charge in [-0.05, 0) is 92.0 Å². The third-order valence-electron chi connectivity index (χ3n) is 8.06. The van der Waals surface area contributed by atoms with Gasteiger partial charge in [-0.3, -0.25) is 0 Å². The van der Waals surface area contributed by atoms with Crippen molar-refractivity contribution in [3.8, 4) is 11.1 Å². The van der Waals surface area contributed by atoms with Crippen LogP contribution in [0.15, 0.2) is 66.7 Å². The lowest BCUT2D eigenvalue weighted by molar-refractivity contribution is 0.0165. The number of carbonyl (C=O) groups is 3. The molecule has 0 fully saturated rings. The molecule has 0 radical (unpaired) electrons. The lowest BCUT2D eigenvalue weighted by Crippen LogP contribution is -2.46. The summed E-state index contributed by atoms with van der Waals surface area (Å²) in [6.45, 7) is 17.3. The van der Waals surface area contributed by atoms with E-state index in [4.69, 9.17) is 25.5 Å². The zero-order valence-corrected chi connectivity index (χ0v) is 30.5. The summed E-state index contributed by atoms with van der Waals surface area (Å²) in [6.07, 6.45) is -0.892. The minimum atomic E-state index is -2.27. The van der Waals surface area contributed by atoms with Gasteiger partial charge in [-0.2, -0.15) is 0 Å². The van der Waals surface area contributed by atoms with Crippen LogP contribution >= 0.6 is 11.6 Å². The first-order valence-electron chi connectivity index (χ1n) is 15.5. The van der Waals surface area contributed by atoms with Crippen LogP contribution in [0.5, 0.6) is 0 Å². The number of nitrogens with zero attached hydrogens (tertiary/aromatic N) is 1. The van der Waals surface area contributed by atoms with Gasteiger partial charge >= 0.3 is 18.0 Å². The number of carbonyl (C=O) groups excluding carboxylic acids is 2. The fraction of sp³-hybridized carbons (Fsp3) is 0.417. The Balaban J connectivity index is 1.89.